The van der Waals surface area contributed by atoms with Gasteiger partial charge in [-0.2, -0.15) is 0 Å². The molecule has 5 rings (SSSR count). The highest BCUT2D eigenvalue weighted by Gasteiger charge is 2.35. The lowest BCUT2D eigenvalue weighted by molar-refractivity contribution is 0.435. The van der Waals surface area contributed by atoms with E-state index in [0.29, 0.717) is 5.11 Å². The van der Waals surface area contributed by atoms with Crippen molar-refractivity contribution in [2.24, 2.45) is 0 Å². The number of anilines is 2. The standard InChI is InChI=1S/C27H30N4S/c32-26(29-20-27(15-6-7-16-27)23-10-2-1-3-11-23)30-24-12-13-25(28-18-24)31-17-14-21-8-4-5-9-22(21)19-31/h1-5,8-13,18H,6-7,14-17,19-20H2,(H2,29,30,32). The van der Waals surface area contributed by atoms with Gasteiger partial charge in [-0.15, -0.1) is 0 Å². The van der Waals surface area contributed by atoms with Crippen LogP contribution >= 0.6 is 12.2 Å². The number of fused-ring (bicyclic) bond motifs is 1. The molecule has 0 saturated heterocycles. The molecule has 0 radical (unpaired) electrons. The molecule has 1 saturated carbocycles. The van der Waals surface area contributed by atoms with Crippen LogP contribution in [0.25, 0.3) is 0 Å². The summed E-state index contributed by atoms with van der Waals surface area (Å²) in [5.74, 6) is 1.01. The Morgan fingerprint density at radius 2 is 1.69 bits per heavy atom. The Balaban J connectivity index is 1.18. The second-order valence-corrected chi connectivity index (χ2v) is 9.41. The zero-order valence-electron chi connectivity index (χ0n) is 18.4. The average Bonchev–Trinajstić information content (AvgIpc) is 3.34. The molecule has 32 heavy (non-hydrogen) atoms. The van der Waals surface area contributed by atoms with E-state index in [0.717, 1.165) is 37.6 Å². The minimum atomic E-state index is 0.180. The quantitative estimate of drug-likeness (QED) is 0.515. The van der Waals surface area contributed by atoms with Crippen molar-refractivity contribution in [3.63, 3.8) is 0 Å². The highest BCUT2D eigenvalue weighted by atomic mass is 32.1. The molecule has 0 spiro atoms. The highest BCUT2D eigenvalue weighted by molar-refractivity contribution is 7.80. The fourth-order valence-electron chi connectivity index (χ4n) is 5.17. The van der Waals surface area contributed by atoms with Gasteiger partial charge in [-0.3, -0.25) is 0 Å². The summed E-state index contributed by atoms with van der Waals surface area (Å²) >= 11 is 5.61. The SMILES string of the molecule is S=C(NCC1(c2ccccc2)CCCC1)Nc1ccc(N2CCc3ccccc3C2)nc1. The number of benzene rings is 2. The monoisotopic (exact) mass is 442 g/mol. The van der Waals surface area contributed by atoms with E-state index in [1.165, 1.54) is 42.4 Å². The van der Waals surface area contributed by atoms with Crippen molar-refractivity contribution in [1.29, 1.82) is 0 Å². The van der Waals surface area contributed by atoms with Gasteiger partial charge in [0.25, 0.3) is 0 Å². The zero-order chi connectivity index (χ0) is 21.8. The molecule has 1 aliphatic heterocycles. The first-order chi connectivity index (χ1) is 15.7. The van der Waals surface area contributed by atoms with Crippen molar-refractivity contribution in [1.82, 2.24) is 10.3 Å². The van der Waals surface area contributed by atoms with Gasteiger partial charge in [-0.05, 0) is 60.3 Å². The van der Waals surface area contributed by atoms with E-state index in [4.69, 9.17) is 17.2 Å². The first kappa shape index (κ1) is 21.0. The topological polar surface area (TPSA) is 40.2 Å². The Labute approximate surface area is 196 Å². The Hall–Kier alpha value is -2.92. The summed E-state index contributed by atoms with van der Waals surface area (Å²) in [7, 11) is 0. The maximum atomic E-state index is 5.61. The minimum absolute atomic E-state index is 0.180. The summed E-state index contributed by atoms with van der Waals surface area (Å²) in [6.07, 6.45) is 7.93. The van der Waals surface area contributed by atoms with E-state index in [1.54, 1.807) is 0 Å². The summed E-state index contributed by atoms with van der Waals surface area (Å²) in [5.41, 5.74) is 5.37. The molecule has 2 aliphatic rings. The predicted octanol–water partition coefficient (Wildman–Crippen LogP) is 5.44. The molecule has 0 unspecified atom stereocenters. The normalized spacial score (nSPS) is 16.9. The van der Waals surface area contributed by atoms with Gasteiger partial charge in [-0.25, -0.2) is 4.98 Å². The Morgan fingerprint density at radius 3 is 2.44 bits per heavy atom. The molecule has 4 nitrogen and oxygen atoms in total. The molecule has 2 aromatic carbocycles. The lowest BCUT2D eigenvalue weighted by atomic mass is 9.79. The number of pyridine rings is 1. The Bertz CT molecular complexity index is 1060. The van der Waals surface area contributed by atoms with Crippen LogP contribution in [0.3, 0.4) is 0 Å². The van der Waals surface area contributed by atoms with Crippen molar-refractivity contribution in [3.05, 3.63) is 89.6 Å². The first-order valence-electron chi connectivity index (χ1n) is 11.6. The van der Waals surface area contributed by atoms with Gasteiger partial charge in [-0.1, -0.05) is 67.4 Å². The van der Waals surface area contributed by atoms with Crippen molar-refractivity contribution < 1.29 is 0 Å². The molecule has 164 valence electrons. The molecule has 2 heterocycles. The van der Waals surface area contributed by atoms with Crippen molar-refractivity contribution in [2.45, 2.75) is 44.1 Å². The molecular weight excluding hydrogens is 412 g/mol. The molecule has 1 aromatic heterocycles. The number of rotatable bonds is 5. The first-order valence-corrected chi connectivity index (χ1v) is 12.0. The van der Waals surface area contributed by atoms with Crippen LogP contribution in [0, 0.1) is 0 Å². The van der Waals surface area contributed by atoms with Crippen molar-refractivity contribution >= 4 is 28.8 Å². The van der Waals surface area contributed by atoms with Crippen LogP contribution in [0.4, 0.5) is 11.5 Å². The molecule has 5 heteroatoms. The Kier molecular flexibility index (Phi) is 6.08. The van der Waals surface area contributed by atoms with Crippen LogP contribution in [0.5, 0.6) is 0 Å². The van der Waals surface area contributed by atoms with Gasteiger partial charge < -0.3 is 15.5 Å². The second kappa shape index (κ2) is 9.29. The van der Waals surface area contributed by atoms with E-state index in [1.807, 2.05) is 6.20 Å². The third-order valence-corrected chi connectivity index (χ3v) is 7.24. The molecule has 1 fully saturated rings. The van der Waals surface area contributed by atoms with Crippen LogP contribution in [0.15, 0.2) is 72.9 Å². The third kappa shape index (κ3) is 4.49. The van der Waals surface area contributed by atoms with E-state index in [9.17, 15) is 0 Å². The molecule has 0 atom stereocenters. The average molecular weight is 443 g/mol. The summed E-state index contributed by atoms with van der Waals surface area (Å²) in [6.45, 7) is 2.78. The summed E-state index contributed by atoms with van der Waals surface area (Å²) in [4.78, 5) is 7.04. The fourth-order valence-corrected chi connectivity index (χ4v) is 5.36. The van der Waals surface area contributed by atoms with Gasteiger partial charge in [0.2, 0.25) is 0 Å². The van der Waals surface area contributed by atoms with E-state index < -0.39 is 0 Å². The summed E-state index contributed by atoms with van der Waals surface area (Å²) in [6, 6.07) is 23.7. The van der Waals surface area contributed by atoms with Crippen molar-refractivity contribution in [3.8, 4) is 0 Å². The van der Waals surface area contributed by atoms with Crippen LogP contribution in [0.1, 0.15) is 42.4 Å². The largest absolute Gasteiger partial charge is 0.362 e. The van der Waals surface area contributed by atoms with Gasteiger partial charge in [0.05, 0.1) is 11.9 Å². The number of hydrogen-bond donors (Lipinski definition) is 2. The van der Waals surface area contributed by atoms with Crippen LogP contribution in [0.2, 0.25) is 0 Å². The number of aromatic nitrogens is 1. The molecular formula is C27H30N4S. The fraction of sp³-hybridized carbons (Fsp3) is 0.333. The smallest absolute Gasteiger partial charge is 0.170 e. The summed E-state index contributed by atoms with van der Waals surface area (Å²) in [5, 5.41) is 7.46. The molecule has 3 aromatic rings. The van der Waals surface area contributed by atoms with Crippen molar-refractivity contribution in [2.75, 3.05) is 23.3 Å². The lowest BCUT2D eigenvalue weighted by Gasteiger charge is -2.31. The highest BCUT2D eigenvalue weighted by Crippen LogP contribution is 2.40. The Morgan fingerprint density at radius 1 is 0.938 bits per heavy atom. The zero-order valence-corrected chi connectivity index (χ0v) is 19.2. The molecule has 2 N–H and O–H groups in total. The maximum absolute atomic E-state index is 5.61. The predicted molar refractivity (Wildman–Crippen MR) is 136 cm³/mol. The second-order valence-electron chi connectivity index (χ2n) is 9.01. The van der Waals surface area contributed by atoms with E-state index >= 15 is 0 Å². The van der Waals surface area contributed by atoms with E-state index in [2.05, 4.69) is 82.3 Å². The van der Waals surface area contributed by atoms with Crippen LogP contribution in [-0.2, 0) is 18.4 Å². The third-order valence-electron chi connectivity index (χ3n) is 6.99. The number of nitrogens with one attached hydrogen (secondary N) is 2. The number of hydrogen-bond acceptors (Lipinski definition) is 3. The van der Waals surface area contributed by atoms with Gasteiger partial charge in [0, 0.05) is 25.0 Å². The van der Waals surface area contributed by atoms with Gasteiger partial charge in [0.1, 0.15) is 5.82 Å². The van der Waals surface area contributed by atoms with E-state index in [-0.39, 0.29) is 5.41 Å². The molecule has 0 amide bonds. The van der Waals surface area contributed by atoms with Crippen LogP contribution < -0.4 is 15.5 Å². The summed E-state index contributed by atoms with van der Waals surface area (Å²) < 4.78 is 0. The molecule has 1 aliphatic carbocycles. The lowest BCUT2D eigenvalue weighted by Crippen LogP contribution is -2.40. The number of thiocarbonyl (C=S) groups is 1. The van der Waals surface area contributed by atoms with Gasteiger partial charge in [0.15, 0.2) is 5.11 Å². The minimum Gasteiger partial charge on any atom is -0.362 e. The van der Waals surface area contributed by atoms with Crippen LogP contribution in [-0.4, -0.2) is 23.2 Å². The van der Waals surface area contributed by atoms with Gasteiger partial charge >= 0.3 is 0 Å². The molecule has 0 bridgehead atoms. The maximum Gasteiger partial charge on any atom is 0.170 e. The number of nitrogens with zero attached hydrogens (tertiary/aromatic N) is 2.